The number of hydrogen-bond acceptors (Lipinski definition) is 6. The van der Waals surface area contributed by atoms with Crippen LogP contribution in [0.4, 0.5) is 0 Å². The molecule has 4 atom stereocenters. The van der Waals surface area contributed by atoms with Crippen molar-refractivity contribution in [3.05, 3.63) is 36.0 Å². The fourth-order valence-electron chi connectivity index (χ4n) is 3.57. The molecule has 1 aromatic carbocycles. The van der Waals surface area contributed by atoms with Gasteiger partial charge in [0.2, 0.25) is 17.7 Å². The summed E-state index contributed by atoms with van der Waals surface area (Å²) in [5.41, 5.74) is 7.65. The number of nitrogens with two attached hydrogens (primary N) is 1. The molecular formula is C24H33N5O7. The van der Waals surface area contributed by atoms with E-state index in [2.05, 4.69) is 20.9 Å². The van der Waals surface area contributed by atoms with Gasteiger partial charge < -0.3 is 36.9 Å². The predicted molar refractivity (Wildman–Crippen MR) is 131 cm³/mol. The van der Waals surface area contributed by atoms with Crippen LogP contribution >= 0.6 is 0 Å². The molecule has 3 amide bonds. The van der Waals surface area contributed by atoms with E-state index in [1.807, 2.05) is 38.1 Å². The molecule has 0 bridgehead atoms. The first kappa shape index (κ1) is 28.3. The number of carbonyl (C=O) groups excluding carboxylic acids is 3. The Morgan fingerprint density at radius 2 is 1.72 bits per heavy atom. The molecule has 196 valence electrons. The summed E-state index contributed by atoms with van der Waals surface area (Å²) in [5.74, 6) is -4.68. The number of rotatable bonds is 14. The Labute approximate surface area is 208 Å². The van der Waals surface area contributed by atoms with E-state index >= 15 is 0 Å². The number of hydrogen-bond donors (Lipinski definition) is 7. The van der Waals surface area contributed by atoms with Gasteiger partial charge in [-0.15, -0.1) is 0 Å². The zero-order valence-corrected chi connectivity index (χ0v) is 20.2. The summed E-state index contributed by atoms with van der Waals surface area (Å²) in [5, 5.41) is 26.1. The molecule has 0 aliphatic rings. The molecular weight excluding hydrogens is 470 g/mol. The SMILES string of the molecule is CCC(C)C(N)C(=O)NC(Cc1c[nH]c2ccccc12)C(=O)NCC(=O)NC(CCC(=O)O)C(=O)O. The number of aromatic amines is 1. The van der Waals surface area contributed by atoms with Gasteiger partial charge in [0.25, 0.3) is 0 Å². The monoisotopic (exact) mass is 503 g/mol. The van der Waals surface area contributed by atoms with Crippen LogP contribution in [0.2, 0.25) is 0 Å². The lowest BCUT2D eigenvalue weighted by Crippen LogP contribution is -2.55. The Bertz CT molecular complexity index is 1100. The molecule has 0 saturated heterocycles. The molecule has 0 aliphatic carbocycles. The molecule has 4 unspecified atom stereocenters. The molecule has 12 heteroatoms. The summed E-state index contributed by atoms with van der Waals surface area (Å²) in [6, 6.07) is 4.15. The topological polar surface area (TPSA) is 204 Å². The second-order valence-corrected chi connectivity index (χ2v) is 8.64. The third kappa shape index (κ3) is 8.08. The molecule has 8 N–H and O–H groups in total. The Morgan fingerprint density at radius 3 is 2.36 bits per heavy atom. The minimum absolute atomic E-state index is 0.118. The third-order valence-electron chi connectivity index (χ3n) is 6.00. The number of fused-ring (bicyclic) bond motifs is 1. The summed E-state index contributed by atoms with van der Waals surface area (Å²) in [7, 11) is 0. The van der Waals surface area contributed by atoms with E-state index in [1.165, 1.54) is 0 Å². The number of H-pyrrole nitrogens is 1. The smallest absolute Gasteiger partial charge is 0.326 e. The van der Waals surface area contributed by atoms with Crippen LogP contribution in [0.3, 0.4) is 0 Å². The van der Waals surface area contributed by atoms with E-state index in [-0.39, 0.29) is 18.8 Å². The lowest BCUT2D eigenvalue weighted by Gasteiger charge is -2.23. The van der Waals surface area contributed by atoms with Crippen LogP contribution in [-0.4, -0.2) is 69.5 Å². The lowest BCUT2D eigenvalue weighted by molar-refractivity contribution is -0.143. The summed E-state index contributed by atoms with van der Waals surface area (Å²) < 4.78 is 0. The normalized spacial score (nSPS) is 14.3. The summed E-state index contributed by atoms with van der Waals surface area (Å²) in [4.78, 5) is 63.0. The molecule has 0 fully saturated rings. The highest BCUT2D eigenvalue weighted by atomic mass is 16.4. The number of amides is 3. The number of aromatic nitrogens is 1. The fraction of sp³-hybridized carbons (Fsp3) is 0.458. The number of carboxylic acid groups (broad SMARTS) is 2. The van der Waals surface area contributed by atoms with Crippen LogP contribution in [0.5, 0.6) is 0 Å². The van der Waals surface area contributed by atoms with Gasteiger partial charge in [-0.2, -0.15) is 0 Å². The van der Waals surface area contributed by atoms with E-state index in [0.29, 0.717) is 6.42 Å². The van der Waals surface area contributed by atoms with Crippen molar-refractivity contribution >= 4 is 40.6 Å². The maximum Gasteiger partial charge on any atom is 0.326 e. The standard InChI is InChI=1S/C24H33N5O7/c1-3-13(2)21(25)23(34)29-18(10-14-11-26-16-7-5-4-6-15(14)16)22(33)27-12-19(30)28-17(24(35)36)8-9-20(31)32/h4-7,11,13,17-18,21,26H,3,8-10,12,25H2,1-2H3,(H,27,33)(H,28,30)(H,29,34)(H,31,32)(H,35,36). The van der Waals surface area contributed by atoms with E-state index < -0.39 is 60.8 Å². The molecule has 2 aromatic rings. The van der Waals surface area contributed by atoms with E-state index in [9.17, 15) is 29.1 Å². The van der Waals surface area contributed by atoms with Crippen LogP contribution in [-0.2, 0) is 30.4 Å². The molecule has 12 nitrogen and oxygen atoms in total. The van der Waals surface area contributed by atoms with Crippen molar-refractivity contribution < 1.29 is 34.2 Å². The molecule has 0 radical (unpaired) electrons. The fourth-order valence-corrected chi connectivity index (χ4v) is 3.57. The van der Waals surface area contributed by atoms with Crippen molar-refractivity contribution in [1.29, 1.82) is 0 Å². The number of carbonyl (C=O) groups is 5. The minimum Gasteiger partial charge on any atom is -0.481 e. The zero-order chi connectivity index (χ0) is 26.8. The first-order chi connectivity index (χ1) is 17.0. The quantitative estimate of drug-likeness (QED) is 0.188. The first-order valence-corrected chi connectivity index (χ1v) is 11.7. The summed E-state index contributed by atoms with van der Waals surface area (Å²) >= 11 is 0. The van der Waals surface area contributed by atoms with E-state index in [1.54, 1.807) is 6.20 Å². The van der Waals surface area contributed by atoms with Crippen LogP contribution in [0.15, 0.2) is 30.5 Å². The highest BCUT2D eigenvalue weighted by molar-refractivity contribution is 5.93. The van der Waals surface area contributed by atoms with Crippen molar-refractivity contribution in [1.82, 2.24) is 20.9 Å². The summed E-state index contributed by atoms with van der Waals surface area (Å²) in [6.07, 6.45) is 1.77. The van der Waals surface area contributed by atoms with Crippen molar-refractivity contribution in [2.45, 2.75) is 57.7 Å². The molecule has 1 aromatic heterocycles. The number of carboxylic acids is 2. The summed E-state index contributed by atoms with van der Waals surface area (Å²) in [6.45, 7) is 3.16. The maximum absolute atomic E-state index is 13.0. The van der Waals surface area contributed by atoms with Crippen LogP contribution in [0.1, 0.15) is 38.7 Å². The highest BCUT2D eigenvalue weighted by Gasteiger charge is 2.28. The molecule has 0 aliphatic heterocycles. The van der Waals surface area contributed by atoms with Crippen molar-refractivity contribution in [3.63, 3.8) is 0 Å². The predicted octanol–water partition coefficient (Wildman–Crippen LogP) is 0.119. The first-order valence-electron chi connectivity index (χ1n) is 11.7. The molecule has 0 spiro atoms. The number of benzene rings is 1. The number of aliphatic carboxylic acids is 2. The van der Waals surface area contributed by atoms with Gasteiger partial charge in [-0.3, -0.25) is 19.2 Å². The minimum atomic E-state index is -1.42. The van der Waals surface area contributed by atoms with Crippen LogP contribution in [0.25, 0.3) is 10.9 Å². The average molecular weight is 504 g/mol. The van der Waals surface area contributed by atoms with Gasteiger partial charge in [-0.25, -0.2) is 4.79 Å². The average Bonchev–Trinajstić information content (AvgIpc) is 3.25. The second-order valence-electron chi connectivity index (χ2n) is 8.64. The Hall–Kier alpha value is -3.93. The van der Waals surface area contributed by atoms with Gasteiger partial charge in [-0.05, 0) is 24.0 Å². The molecule has 1 heterocycles. The van der Waals surface area contributed by atoms with Gasteiger partial charge in [0.05, 0.1) is 12.6 Å². The highest BCUT2D eigenvalue weighted by Crippen LogP contribution is 2.19. The van der Waals surface area contributed by atoms with Crippen molar-refractivity contribution in [2.75, 3.05) is 6.54 Å². The van der Waals surface area contributed by atoms with Crippen LogP contribution < -0.4 is 21.7 Å². The Balaban J connectivity index is 2.11. The molecule has 36 heavy (non-hydrogen) atoms. The van der Waals surface area contributed by atoms with Crippen LogP contribution in [0, 0.1) is 5.92 Å². The van der Waals surface area contributed by atoms with Gasteiger partial charge in [0, 0.05) is 29.9 Å². The van der Waals surface area contributed by atoms with Gasteiger partial charge in [0.15, 0.2) is 0 Å². The van der Waals surface area contributed by atoms with E-state index in [0.717, 1.165) is 16.5 Å². The Morgan fingerprint density at radius 1 is 1.03 bits per heavy atom. The lowest BCUT2D eigenvalue weighted by atomic mass is 9.98. The van der Waals surface area contributed by atoms with Crippen molar-refractivity contribution in [3.8, 4) is 0 Å². The van der Waals surface area contributed by atoms with Crippen molar-refractivity contribution in [2.24, 2.45) is 11.7 Å². The van der Waals surface area contributed by atoms with Gasteiger partial charge in [-0.1, -0.05) is 38.5 Å². The largest absolute Gasteiger partial charge is 0.481 e. The zero-order valence-electron chi connectivity index (χ0n) is 20.2. The number of para-hydroxylation sites is 1. The second kappa shape index (κ2) is 13.2. The van der Waals surface area contributed by atoms with Gasteiger partial charge in [0.1, 0.15) is 12.1 Å². The molecule has 0 saturated carbocycles. The maximum atomic E-state index is 13.0. The number of nitrogens with one attached hydrogen (secondary N) is 4. The molecule has 2 rings (SSSR count). The third-order valence-corrected chi connectivity index (χ3v) is 6.00. The Kier molecular flexibility index (Phi) is 10.4. The van der Waals surface area contributed by atoms with Gasteiger partial charge >= 0.3 is 11.9 Å². The van der Waals surface area contributed by atoms with E-state index in [4.69, 9.17) is 10.8 Å².